The minimum atomic E-state index is -0.348. The Morgan fingerprint density at radius 3 is 2.73 bits per heavy atom. The number of hydrogen-bond acceptors (Lipinski definition) is 8. The number of aromatic nitrogens is 4. The fourth-order valence-corrected chi connectivity index (χ4v) is 3.40. The first-order valence-corrected chi connectivity index (χ1v) is 10.9. The summed E-state index contributed by atoms with van der Waals surface area (Å²) in [7, 11) is 0. The molecule has 5 N–H and O–H groups in total. The number of nitrogens with one attached hydrogen (secondary N) is 3. The van der Waals surface area contributed by atoms with E-state index in [0.717, 1.165) is 30.9 Å². The number of nitrogens with zero attached hydrogens (tertiary/aromatic N) is 4. The molecular formula is C23H28N8O2. The molecule has 1 aromatic carbocycles. The molecule has 1 amide bonds. The molecule has 0 radical (unpaired) electrons. The molecule has 172 valence electrons. The van der Waals surface area contributed by atoms with Crippen LogP contribution in [0.3, 0.4) is 0 Å². The molecule has 10 nitrogen and oxygen atoms in total. The number of amides is 1. The molecule has 0 atom stereocenters. The molecule has 0 bridgehead atoms. The van der Waals surface area contributed by atoms with Crippen LogP contribution >= 0.6 is 0 Å². The van der Waals surface area contributed by atoms with E-state index in [1.165, 1.54) is 0 Å². The maximum atomic E-state index is 12.9. The van der Waals surface area contributed by atoms with Gasteiger partial charge in [0.25, 0.3) is 5.91 Å². The predicted molar refractivity (Wildman–Crippen MR) is 128 cm³/mol. The van der Waals surface area contributed by atoms with Crippen LogP contribution in [-0.4, -0.2) is 70.4 Å². The molecule has 10 heteroatoms. The van der Waals surface area contributed by atoms with Crippen molar-refractivity contribution < 1.29 is 9.53 Å². The SMILES string of the molecule is Cc1cc(Nc2nc(/C=C/c3ccccc3)nc(C(=O)NCCN3CCOCC3)c2N)n[nH]1. The zero-order valence-corrected chi connectivity index (χ0v) is 18.5. The number of carbonyl (C=O) groups is 1. The lowest BCUT2D eigenvalue weighted by atomic mass is 10.2. The number of aryl methyl sites for hydroxylation is 1. The van der Waals surface area contributed by atoms with Gasteiger partial charge in [-0.2, -0.15) is 5.10 Å². The summed E-state index contributed by atoms with van der Waals surface area (Å²) >= 11 is 0. The first kappa shape index (κ1) is 22.4. The minimum Gasteiger partial charge on any atom is -0.394 e. The van der Waals surface area contributed by atoms with Gasteiger partial charge in [-0.25, -0.2) is 9.97 Å². The minimum absolute atomic E-state index is 0.120. The maximum absolute atomic E-state index is 12.9. The van der Waals surface area contributed by atoms with Crippen molar-refractivity contribution in [2.45, 2.75) is 6.92 Å². The molecular weight excluding hydrogens is 420 g/mol. The van der Waals surface area contributed by atoms with Crippen molar-refractivity contribution in [1.82, 2.24) is 30.4 Å². The smallest absolute Gasteiger partial charge is 0.272 e. The standard InChI is InChI=1S/C23H28N8O2/c1-16-15-19(30-29-16)28-22-20(24)21(23(32)25-9-10-31-11-13-33-14-12-31)26-18(27-22)8-7-17-5-3-2-4-6-17/h2-8,15H,9-14,24H2,1H3,(H,25,32)(H2,26,27,28,29,30)/b8-7+. The van der Waals surface area contributed by atoms with Crippen LogP contribution < -0.4 is 16.4 Å². The lowest BCUT2D eigenvalue weighted by Crippen LogP contribution is -2.41. The average Bonchev–Trinajstić information content (AvgIpc) is 3.25. The molecule has 1 fully saturated rings. The van der Waals surface area contributed by atoms with Crippen LogP contribution in [0.4, 0.5) is 17.3 Å². The third-order valence-corrected chi connectivity index (χ3v) is 5.17. The molecule has 0 aliphatic carbocycles. The maximum Gasteiger partial charge on any atom is 0.272 e. The van der Waals surface area contributed by atoms with Crippen molar-refractivity contribution in [2.75, 3.05) is 50.4 Å². The lowest BCUT2D eigenvalue weighted by Gasteiger charge is -2.26. The fraction of sp³-hybridized carbons (Fsp3) is 0.304. The highest BCUT2D eigenvalue weighted by atomic mass is 16.5. The molecule has 0 spiro atoms. The first-order chi connectivity index (χ1) is 16.1. The Kier molecular flexibility index (Phi) is 7.28. The van der Waals surface area contributed by atoms with Gasteiger partial charge in [-0.15, -0.1) is 0 Å². The number of carbonyl (C=O) groups excluding carboxylic acids is 1. The molecule has 1 saturated heterocycles. The Morgan fingerprint density at radius 2 is 2.00 bits per heavy atom. The third kappa shape index (κ3) is 6.15. The molecule has 3 heterocycles. The van der Waals surface area contributed by atoms with Crippen LogP contribution in [0.25, 0.3) is 12.2 Å². The van der Waals surface area contributed by atoms with E-state index in [4.69, 9.17) is 10.5 Å². The number of nitrogens with two attached hydrogens (primary N) is 1. The van der Waals surface area contributed by atoms with E-state index in [2.05, 4.69) is 35.7 Å². The number of nitrogen functional groups attached to an aromatic ring is 1. The Balaban J connectivity index is 1.54. The van der Waals surface area contributed by atoms with Crippen molar-refractivity contribution in [1.29, 1.82) is 0 Å². The number of H-pyrrole nitrogens is 1. The lowest BCUT2D eigenvalue weighted by molar-refractivity contribution is 0.0383. The van der Waals surface area contributed by atoms with Crippen LogP contribution in [0.2, 0.25) is 0 Å². The van der Waals surface area contributed by atoms with Crippen LogP contribution in [0, 0.1) is 6.92 Å². The number of hydrogen-bond donors (Lipinski definition) is 4. The fourth-order valence-electron chi connectivity index (χ4n) is 3.40. The summed E-state index contributed by atoms with van der Waals surface area (Å²) in [5.41, 5.74) is 8.45. The summed E-state index contributed by atoms with van der Waals surface area (Å²) in [6, 6.07) is 11.6. The van der Waals surface area contributed by atoms with Crippen molar-refractivity contribution in [3.8, 4) is 0 Å². The molecule has 3 aromatic rings. The molecule has 0 saturated carbocycles. The van der Waals surface area contributed by atoms with Crippen LogP contribution in [-0.2, 0) is 4.74 Å². The summed E-state index contributed by atoms with van der Waals surface area (Å²) < 4.78 is 5.36. The zero-order valence-electron chi connectivity index (χ0n) is 18.5. The van der Waals surface area contributed by atoms with E-state index in [1.807, 2.05) is 49.4 Å². The third-order valence-electron chi connectivity index (χ3n) is 5.17. The van der Waals surface area contributed by atoms with Gasteiger partial charge < -0.3 is 21.1 Å². The van der Waals surface area contributed by atoms with Gasteiger partial charge in [0.1, 0.15) is 5.69 Å². The summed E-state index contributed by atoms with van der Waals surface area (Å²) in [6.45, 7) is 6.26. The van der Waals surface area contributed by atoms with Gasteiger partial charge in [0.05, 0.1) is 13.2 Å². The highest BCUT2D eigenvalue weighted by Crippen LogP contribution is 2.24. The Bertz CT molecular complexity index is 1110. The molecule has 2 aromatic heterocycles. The number of rotatable bonds is 8. The van der Waals surface area contributed by atoms with E-state index in [-0.39, 0.29) is 17.3 Å². The number of aromatic amines is 1. The highest BCUT2D eigenvalue weighted by Gasteiger charge is 2.19. The second-order valence-electron chi connectivity index (χ2n) is 7.71. The van der Waals surface area contributed by atoms with Gasteiger partial charge in [0.2, 0.25) is 0 Å². The predicted octanol–water partition coefficient (Wildman–Crippen LogP) is 2.07. The number of ether oxygens (including phenoxy) is 1. The molecule has 1 aliphatic rings. The summed E-state index contributed by atoms with van der Waals surface area (Å²) in [6.07, 6.45) is 3.63. The Morgan fingerprint density at radius 1 is 1.21 bits per heavy atom. The van der Waals surface area contributed by atoms with Gasteiger partial charge in [0.15, 0.2) is 23.2 Å². The van der Waals surface area contributed by atoms with Crippen molar-refractivity contribution >= 4 is 35.4 Å². The number of benzene rings is 1. The van der Waals surface area contributed by atoms with Gasteiger partial charge >= 0.3 is 0 Å². The van der Waals surface area contributed by atoms with E-state index in [9.17, 15) is 4.79 Å². The van der Waals surface area contributed by atoms with E-state index < -0.39 is 0 Å². The largest absolute Gasteiger partial charge is 0.394 e. The van der Waals surface area contributed by atoms with Gasteiger partial charge in [-0.05, 0) is 18.6 Å². The van der Waals surface area contributed by atoms with Crippen molar-refractivity contribution in [2.24, 2.45) is 0 Å². The van der Waals surface area contributed by atoms with Crippen molar-refractivity contribution in [3.63, 3.8) is 0 Å². The summed E-state index contributed by atoms with van der Waals surface area (Å²) in [4.78, 5) is 24.1. The molecule has 1 aliphatic heterocycles. The summed E-state index contributed by atoms with van der Waals surface area (Å²) in [5, 5.41) is 13.0. The first-order valence-electron chi connectivity index (χ1n) is 10.9. The monoisotopic (exact) mass is 448 g/mol. The topological polar surface area (TPSA) is 134 Å². The van der Waals surface area contributed by atoms with Crippen LogP contribution in [0.1, 0.15) is 27.6 Å². The highest BCUT2D eigenvalue weighted by molar-refractivity contribution is 6.00. The molecule has 4 rings (SSSR count). The number of morpholine rings is 1. The van der Waals surface area contributed by atoms with Gasteiger partial charge in [-0.1, -0.05) is 36.4 Å². The van der Waals surface area contributed by atoms with Crippen LogP contribution in [0.15, 0.2) is 36.4 Å². The van der Waals surface area contributed by atoms with E-state index in [0.29, 0.717) is 37.2 Å². The number of anilines is 3. The quantitative estimate of drug-likeness (QED) is 0.411. The summed E-state index contributed by atoms with van der Waals surface area (Å²) in [5.74, 6) is 0.886. The second kappa shape index (κ2) is 10.7. The van der Waals surface area contributed by atoms with Crippen LogP contribution in [0.5, 0.6) is 0 Å². The van der Waals surface area contributed by atoms with Crippen molar-refractivity contribution in [3.05, 3.63) is 59.2 Å². The van der Waals surface area contributed by atoms with E-state index in [1.54, 1.807) is 6.08 Å². The zero-order chi connectivity index (χ0) is 23.0. The normalized spacial score (nSPS) is 14.5. The molecule has 33 heavy (non-hydrogen) atoms. The van der Waals surface area contributed by atoms with E-state index >= 15 is 0 Å². The molecule has 0 unspecified atom stereocenters. The van der Waals surface area contributed by atoms with Gasteiger partial charge in [-0.3, -0.25) is 14.8 Å². The van der Waals surface area contributed by atoms with Gasteiger partial charge in [0, 0.05) is 37.9 Å². The average molecular weight is 449 g/mol. The Hall–Kier alpha value is -3.76. The Labute approximate surface area is 192 Å². The second-order valence-corrected chi connectivity index (χ2v) is 7.71.